The molecule has 1 fully saturated rings. The van der Waals surface area contributed by atoms with Crippen LogP contribution in [-0.4, -0.2) is 44.1 Å². The molecule has 5 heterocycles. The van der Waals surface area contributed by atoms with Gasteiger partial charge in [-0.1, -0.05) is 19.9 Å². The third kappa shape index (κ3) is 4.67. The van der Waals surface area contributed by atoms with E-state index in [1.165, 1.54) is 19.3 Å². The quantitative estimate of drug-likeness (QED) is 0.264. The average Bonchev–Trinajstić information content (AvgIpc) is 3.52. The monoisotopic (exact) mass is 493 g/mol. The lowest BCUT2D eigenvalue weighted by molar-refractivity contribution is -0.116. The first-order valence-corrected chi connectivity index (χ1v) is 13.0. The molecule has 1 saturated heterocycles. The number of nitrogens with one attached hydrogen (secondary N) is 3. The van der Waals surface area contributed by atoms with E-state index in [2.05, 4.69) is 42.5 Å². The number of nitrogens with zero attached hydrogens (tertiary/aromatic N) is 4. The minimum absolute atomic E-state index is 0.00116. The van der Waals surface area contributed by atoms with Crippen molar-refractivity contribution in [2.24, 2.45) is 5.92 Å². The maximum Gasteiger partial charge on any atom is 0.224 e. The number of amides is 1. The topological polar surface area (TPSA) is 103 Å². The van der Waals surface area contributed by atoms with E-state index < -0.39 is 0 Å². The second kappa shape index (κ2) is 9.69. The molecule has 37 heavy (non-hydrogen) atoms. The highest BCUT2D eigenvalue weighted by molar-refractivity contribution is 6.00. The number of H-pyrrole nitrogens is 2. The molecule has 4 aromatic heterocycles. The van der Waals surface area contributed by atoms with Crippen LogP contribution in [0.1, 0.15) is 39.5 Å². The van der Waals surface area contributed by atoms with Crippen molar-refractivity contribution in [1.29, 1.82) is 0 Å². The van der Waals surface area contributed by atoms with Gasteiger partial charge < -0.3 is 15.2 Å². The second-order valence-electron chi connectivity index (χ2n) is 10.3. The van der Waals surface area contributed by atoms with Gasteiger partial charge in [0.15, 0.2) is 0 Å². The van der Waals surface area contributed by atoms with Crippen molar-refractivity contribution in [3.63, 3.8) is 0 Å². The highest BCUT2D eigenvalue weighted by Gasteiger charge is 2.18. The summed E-state index contributed by atoms with van der Waals surface area (Å²) >= 11 is 0. The summed E-state index contributed by atoms with van der Waals surface area (Å²) in [4.78, 5) is 27.3. The Kier molecular flexibility index (Phi) is 6.08. The number of carbonyl (C=O) groups excluding carboxylic acids is 1. The van der Waals surface area contributed by atoms with Crippen molar-refractivity contribution in [3.05, 3.63) is 55.0 Å². The fourth-order valence-electron chi connectivity index (χ4n) is 5.17. The Morgan fingerprint density at radius 2 is 1.86 bits per heavy atom. The van der Waals surface area contributed by atoms with Crippen LogP contribution in [0.3, 0.4) is 0 Å². The van der Waals surface area contributed by atoms with E-state index in [4.69, 9.17) is 4.98 Å². The first-order valence-electron chi connectivity index (χ1n) is 13.0. The molecule has 0 spiro atoms. The molecule has 188 valence electrons. The third-order valence-corrected chi connectivity index (χ3v) is 6.95. The van der Waals surface area contributed by atoms with E-state index in [0.717, 1.165) is 63.2 Å². The number of piperidine rings is 1. The maximum atomic E-state index is 12.2. The van der Waals surface area contributed by atoms with Crippen LogP contribution in [0.5, 0.6) is 0 Å². The zero-order valence-electron chi connectivity index (χ0n) is 21.2. The Balaban J connectivity index is 1.35. The Labute approximate surface area is 215 Å². The molecular weight excluding hydrogens is 462 g/mol. The van der Waals surface area contributed by atoms with Gasteiger partial charge in [0.25, 0.3) is 0 Å². The fraction of sp³-hybridized carbons (Fsp3) is 0.310. The normalized spacial score (nSPS) is 14.1. The summed E-state index contributed by atoms with van der Waals surface area (Å²) in [7, 11) is 0. The Bertz CT molecular complexity index is 1580. The number of carbonyl (C=O) groups is 1. The lowest BCUT2D eigenvalue weighted by atomic mass is 10.0. The lowest BCUT2D eigenvalue weighted by Crippen LogP contribution is -2.30. The molecule has 0 bridgehead atoms. The molecule has 0 aliphatic carbocycles. The molecular formula is C29H31N7O. The number of hydrogen-bond donors (Lipinski definition) is 3. The van der Waals surface area contributed by atoms with E-state index in [0.29, 0.717) is 18.0 Å². The second-order valence-corrected chi connectivity index (χ2v) is 10.3. The Morgan fingerprint density at radius 1 is 1.00 bits per heavy atom. The predicted octanol–water partition coefficient (Wildman–Crippen LogP) is 6.14. The van der Waals surface area contributed by atoms with E-state index >= 15 is 0 Å². The number of aromatic nitrogens is 5. The SMILES string of the molecule is CC(C)CC(=O)Nc1cncc(-c2ccc3[nH]nc(-c4cc5c(N6CCCCC6)nccc5[nH]4)c3c2)c1. The summed E-state index contributed by atoms with van der Waals surface area (Å²) < 4.78 is 0. The average molecular weight is 494 g/mol. The van der Waals surface area contributed by atoms with Gasteiger partial charge in [-0.2, -0.15) is 5.10 Å². The molecule has 0 saturated carbocycles. The van der Waals surface area contributed by atoms with E-state index in [1.54, 1.807) is 6.20 Å². The van der Waals surface area contributed by atoms with Gasteiger partial charge in [0, 0.05) is 48.2 Å². The van der Waals surface area contributed by atoms with E-state index in [1.807, 2.05) is 50.5 Å². The van der Waals surface area contributed by atoms with Crippen LogP contribution < -0.4 is 10.2 Å². The molecule has 6 rings (SSSR count). The van der Waals surface area contributed by atoms with Gasteiger partial charge in [-0.05, 0) is 61.1 Å². The number of fused-ring (bicyclic) bond motifs is 2. The lowest BCUT2D eigenvalue weighted by Gasteiger charge is -2.28. The summed E-state index contributed by atoms with van der Waals surface area (Å²) in [5.74, 6) is 1.34. The van der Waals surface area contributed by atoms with Crippen LogP contribution in [0, 0.1) is 5.92 Å². The first-order chi connectivity index (χ1) is 18.0. The Morgan fingerprint density at radius 3 is 2.70 bits per heavy atom. The number of benzene rings is 1. The summed E-state index contributed by atoms with van der Waals surface area (Å²) in [6.45, 7) is 6.16. The molecule has 0 atom stereocenters. The number of aromatic amines is 2. The standard InChI is InChI=1S/C29H31N7O/c1-18(2)12-27(37)32-21-13-20(16-30-17-21)19-6-7-25-22(14-19)28(35-34-25)26-15-23-24(33-26)8-9-31-29(23)36-10-4-3-5-11-36/h6-9,13-18,33H,3-5,10-12H2,1-2H3,(H,32,37)(H,34,35). The van der Waals surface area contributed by atoms with Gasteiger partial charge in [0.1, 0.15) is 11.5 Å². The molecule has 1 aliphatic heterocycles. The van der Waals surface area contributed by atoms with Crippen molar-refractivity contribution in [1.82, 2.24) is 25.1 Å². The van der Waals surface area contributed by atoms with E-state index in [-0.39, 0.29) is 5.91 Å². The number of hydrogen-bond acceptors (Lipinski definition) is 5. The van der Waals surface area contributed by atoms with Gasteiger partial charge in [-0.15, -0.1) is 0 Å². The maximum absolute atomic E-state index is 12.2. The molecule has 8 nitrogen and oxygen atoms in total. The summed E-state index contributed by atoms with van der Waals surface area (Å²) in [5, 5.41) is 12.9. The fourth-order valence-corrected chi connectivity index (χ4v) is 5.17. The van der Waals surface area contributed by atoms with Crippen molar-refractivity contribution < 1.29 is 4.79 Å². The van der Waals surface area contributed by atoms with Gasteiger partial charge >= 0.3 is 0 Å². The van der Waals surface area contributed by atoms with Gasteiger partial charge in [-0.25, -0.2) is 4.98 Å². The zero-order chi connectivity index (χ0) is 25.4. The third-order valence-electron chi connectivity index (χ3n) is 6.95. The van der Waals surface area contributed by atoms with Gasteiger partial charge in [0.2, 0.25) is 5.91 Å². The van der Waals surface area contributed by atoms with Crippen LogP contribution in [0.4, 0.5) is 11.5 Å². The van der Waals surface area contributed by atoms with Gasteiger partial charge in [0.05, 0.1) is 28.6 Å². The van der Waals surface area contributed by atoms with Crippen molar-refractivity contribution in [2.75, 3.05) is 23.3 Å². The molecule has 5 aromatic rings. The Hall–Kier alpha value is -4.20. The molecule has 1 aliphatic rings. The van der Waals surface area contributed by atoms with E-state index in [9.17, 15) is 4.79 Å². The number of pyridine rings is 2. The summed E-state index contributed by atoms with van der Waals surface area (Å²) in [6, 6.07) is 12.4. The van der Waals surface area contributed by atoms with Crippen LogP contribution in [0.2, 0.25) is 0 Å². The number of anilines is 2. The summed E-state index contributed by atoms with van der Waals surface area (Å²) in [5.41, 5.74) is 6.49. The molecule has 1 aromatic carbocycles. The smallest absolute Gasteiger partial charge is 0.224 e. The molecule has 8 heteroatoms. The van der Waals surface area contributed by atoms with Crippen LogP contribution in [0.15, 0.2) is 55.0 Å². The minimum atomic E-state index is -0.00116. The number of rotatable bonds is 6. The van der Waals surface area contributed by atoms with Crippen LogP contribution in [-0.2, 0) is 4.79 Å². The highest BCUT2D eigenvalue weighted by Crippen LogP contribution is 2.34. The zero-order valence-corrected chi connectivity index (χ0v) is 21.2. The minimum Gasteiger partial charge on any atom is -0.356 e. The first kappa shape index (κ1) is 23.2. The molecule has 0 unspecified atom stereocenters. The summed E-state index contributed by atoms with van der Waals surface area (Å²) in [6.07, 6.45) is 9.57. The van der Waals surface area contributed by atoms with Crippen molar-refractivity contribution in [3.8, 4) is 22.5 Å². The predicted molar refractivity (Wildman–Crippen MR) is 149 cm³/mol. The molecule has 3 N–H and O–H groups in total. The van der Waals surface area contributed by atoms with Crippen LogP contribution in [0.25, 0.3) is 44.3 Å². The van der Waals surface area contributed by atoms with Gasteiger partial charge in [-0.3, -0.25) is 14.9 Å². The highest BCUT2D eigenvalue weighted by atomic mass is 16.1. The molecule has 0 radical (unpaired) electrons. The van der Waals surface area contributed by atoms with Crippen molar-refractivity contribution >= 4 is 39.2 Å². The van der Waals surface area contributed by atoms with Crippen LogP contribution >= 0.6 is 0 Å². The van der Waals surface area contributed by atoms with Crippen molar-refractivity contribution in [2.45, 2.75) is 39.5 Å². The molecule has 1 amide bonds. The largest absolute Gasteiger partial charge is 0.356 e.